The molecule has 11 N–H and O–H groups in total. The van der Waals surface area contributed by atoms with Crippen LogP contribution in [0.5, 0.6) is 23.0 Å². The maximum atomic E-state index is 12.5. The van der Waals surface area contributed by atoms with Crippen LogP contribution in [0.15, 0.2) is 59.7 Å². The molecule has 0 radical (unpaired) electrons. The number of aliphatic hydroxyl groups excluding tert-OH is 3. The molecule has 2 aromatic rings. The van der Waals surface area contributed by atoms with Gasteiger partial charge in [-0.1, -0.05) is 58.4 Å². The fourth-order valence-corrected chi connectivity index (χ4v) is 9.61. The Hall–Kier alpha value is -5.21. The number of allylic oxidation sites excluding steroid dienone is 1. The van der Waals surface area contributed by atoms with Crippen molar-refractivity contribution in [1.29, 1.82) is 0 Å². The zero-order valence-electron chi connectivity index (χ0n) is 44.0. The summed E-state index contributed by atoms with van der Waals surface area (Å²) in [6.07, 6.45) is 4.27. The minimum atomic E-state index is -0.949. The largest absolute Gasteiger partial charge is 0.508 e. The van der Waals surface area contributed by atoms with Crippen LogP contribution in [0.25, 0.3) is 0 Å². The summed E-state index contributed by atoms with van der Waals surface area (Å²) in [5.74, 6) is -1.88. The molecule has 18 heteroatoms. The number of aromatic hydroxyl groups is 4. The summed E-state index contributed by atoms with van der Waals surface area (Å²) in [6.45, 7) is 13.6. The van der Waals surface area contributed by atoms with Crippen LogP contribution in [0.3, 0.4) is 0 Å². The first-order valence-electron chi connectivity index (χ1n) is 24.8. The van der Waals surface area contributed by atoms with E-state index in [1.54, 1.807) is 27.2 Å². The van der Waals surface area contributed by atoms with Gasteiger partial charge in [0.2, 0.25) is 11.8 Å². The number of benzene rings is 2. The second kappa shape index (κ2) is 29.5. The number of nitrogens with one attached hydrogen (secondary N) is 2. The molecule has 0 aliphatic carbocycles. The summed E-state index contributed by atoms with van der Waals surface area (Å²) < 4.78 is 27.9. The Bertz CT molecular complexity index is 2160. The number of phenols is 4. The van der Waals surface area contributed by atoms with Gasteiger partial charge in [-0.15, -0.1) is 0 Å². The van der Waals surface area contributed by atoms with E-state index in [4.69, 9.17) is 29.4 Å². The highest BCUT2D eigenvalue weighted by atomic mass is 16.6. The number of phenolic OH excluding ortho intramolecular Hbond substituents is 4. The third-order valence-electron chi connectivity index (χ3n) is 13.8. The Labute approximate surface area is 425 Å². The lowest BCUT2D eigenvalue weighted by Gasteiger charge is -2.30. The number of fused-ring (bicyclic) bond motifs is 4. The van der Waals surface area contributed by atoms with Gasteiger partial charge in [0.25, 0.3) is 0 Å². The molecule has 4 rings (SSSR count). The van der Waals surface area contributed by atoms with Crippen molar-refractivity contribution < 1.29 is 73.8 Å². The molecule has 0 saturated heterocycles. The van der Waals surface area contributed by atoms with E-state index in [1.165, 1.54) is 44.6 Å². The van der Waals surface area contributed by atoms with Crippen LogP contribution < -0.4 is 16.4 Å². The van der Waals surface area contributed by atoms with Gasteiger partial charge in [-0.3, -0.25) is 9.59 Å². The maximum Gasteiger partial charge on any atom is 0.405 e. The van der Waals surface area contributed by atoms with Crippen LogP contribution in [0, 0.1) is 29.6 Å². The molecule has 0 spiro atoms. The Morgan fingerprint density at radius 1 is 0.625 bits per heavy atom. The van der Waals surface area contributed by atoms with Crippen molar-refractivity contribution in [3.8, 4) is 23.0 Å². The number of methoxy groups -OCH3 is 4. The molecule has 2 aliphatic rings. The quantitative estimate of drug-likeness (QED) is 0.0808. The number of carbonyl (C=O) groups is 3. The average molecular weight is 1010 g/mol. The second-order valence-electron chi connectivity index (χ2n) is 19.8. The molecule has 0 saturated carbocycles. The molecule has 1 unspecified atom stereocenters. The molecule has 0 fully saturated rings. The van der Waals surface area contributed by atoms with Gasteiger partial charge in [0.15, 0.2) is 6.10 Å². The number of rotatable bonds is 5. The van der Waals surface area contributed by atoms with Crippen molar-refractivity contribution in [3.63, 3.8) is 0 Å². The molecule has 13 atom stereocenters. The van der Waals surface area contributed by atoms with Gasteiger partial charge in [-0.05, 0) is 112 Å². The molecule has 2 aliphatic heterocycles. The van der Waals surface area contributed by atoms with Crippen LogP contribution in [-0.4, -0.2) is 131 Å². The van der Waals surface area contributed by atoms with Crippen molar-refractivity contribution >= 4 is 29.3 Å². The summed E-state index contributed by atoms with van der Waals surface area (Å²) in [6, 6.07) is 5.49. The van der Waals surface area contributed by atoms with E-state index in [0.717, 1.165) is 5.57 Å². The van der Waals surface area contributed by atoms with E-state index in [0.29, 0.717) is 68.1 Å². The fraction of sp³-hybridized carbons (Fsp3) is 0.611. The van der Waals surface area contributed by atoms with E-state index >= 15 is 0 Å². The second-order valence-corrected chi connectivity index (χ2v) is 19.8. The molecule has 2 heterocycles. The van der Waals surface area contributed by atoms with Gasteiger partial charge in [-0.2, -0.15) is 0 Å². The first-order chi connectivity index (χ1) is 33.9. The number of aliphatic hydroxyl groups is 3. The van der Waals surface area contributed by atoms with E-state index in [2.05, 4.69) is 17.6 Å². The average Bonchev–Trinajstić information content (AvgIpc) is 3.31. The zero-order valence-corrected chi connectivity index (χ0v) is 44.0. The summed E-state index contributed by atoms with van der Waals surface area (Å²) in [4.78, 5) is 36.6. The first-order valence-corrected chi connectivity index (χ1v) is 24.8. The monoisotopic (exact) mass is 1010 g/mol. The van der Waals surface area contributed by atoms with E-state index in [-0.39, 0.29) is 76.5 Å². The van der Waals surface area contributed by atoms with Crippen molar-refractivity contribution in [1.82, 2.24) is 0 Å². The topological polar surface area (TPSA) is 289 Å². The minimum Gasteiger partial charge on any atom is -0.508 e. The van der Waals surface area contributed by atoms with Gasteiger partial charge in [0.1, 0.15) is 23.0 Å². The van der Waals surface area contributed by atoms with Crippen LogP contribution in [0.2, 0.25) is 0 Å². The van der Waals surface area contributed by atoms with Gasteiger partial charge in [-0.25, -0.2) is 4.79 Å². The third kappa shape index (κ3) is 18.7. The van der Waals surface area contributed by atoms with Gasteiger partial charge < -0.3 is 75.8 Å². The molecular formula is C54H83N3O15. The van der Waals surface area contributed by atoms with Crippen molar-refractivity contribution in [3.05, 3.63) is 70.8 Å². The van der Waals surface area contributed by atoms with Gasteiger partial charge in [0.05, 0.1) is 60.5 Å². The van der Waals surface area contributed by atoms with Crippen molar-refractivity contribution in [2.75, 3.05) is 39.1 Å². The minimum absolute atomic E-state index is 0.00355. The van der Waals surface area contributed by atoms with E-state index in [1.807, 2.05) is 46.8 Å². The SMILES string of the molecule is CO[C@H]1C[C@H](C)Cc2cc(O)cc(c2O)NC(=O)/C=C/CC[C@H](OC)[C@@H](OC(N)=O)/C(C)=C/[C@H](C)[C@H]1O.CO[C@H]1C[C@H](C)Cc2cc(O)cc(c2O)NC(=O)CC(O)CC[C@H](OC)[C@@H](C)/C(C)=C/[C@H](C)[C@H]1O. The highest BCUT2D eigenvalue weighted by molar-refractivity contribution is 6.00. The van der Waals surface area contributed by atoms with Crippen molar-refractivity contribution in [2.24, 2.45) is 35.3 Å². The van der Waals surface area contributed by atoms with Crippen LogP contribution >= 0.6 is 0 Å². The third-order valence-corrected chi connectivity index (χ3v) is 13.8. The van der Waals surface area contributed by atoms with Gasteiger partial charge >= 0.3 is 6.09 Å². The number of primary amides is 1. The number of amides is 3. The standard InChI is InChI=1S/C27H40N2O8.C27H43NO7/c1-15-10-18-13-19(30)14-20(25(18)33)29-23(31)9-7-6-8-21(35-4)26(37-27(28)34)17(3)12-16(2)24(32)22(11-15)36-5;1-15-9-19-12-21(30)13-22(27(19)33)28-25(31)14-20(29)7-8-23(34-5)18(4)16(2)11-17(3)26(32)24(10-15)35-6/h7,9,12-16,21-22,24,26,30,32-33H,6,8,10-11H2,1-5H3,(H2,28,34)(H,29,31);11-13,15,17-18,20,23-24,26,29-30,32-33H,7-10,14H2,1-6H3,(H,28,31)/b9-7+,17-12+;16-11+/t15-,16+,21+,22+,24-,26+;15-,17+,18+,20?,23+,24+,26-/m11/s1. The molecule has 3 amide bonds. The number of hydrogen-bond donors (Lipinski definition) is 10. The molecule has 4 bridgehead atoms. The normalized spacial score (nSPS) is 32.0. The van der Waals surface area contributed by atoms with Crippen LogP contribution in [0.4, 0.5) is 16.2 Å². The Kier molecular flexibility index (Phi) is 25.0. The Morgan fingerprint density at radius 2 is 1.10 bits per heavy atom. The summed E-state index contributed by atoms with van der Waals surface area (Å²) in [5, 5.41) is 79.6. The Balaban J connectivity index is 0.000000381. The summed E-state index contributed by atoms with van der Waals surface area (Å²) >= 11 is 0. The molecule has 72 heavy (non-hydrogen) atoms. The van der Waals surface area contributed by atoms with Crippen LogP contribution in [0.1, 0.15) is 105 Å². The van der Waals surface area contributed by atoms with E-state index in [9.17, 15) is 50.1 Å². The van der Waals surface area contributed by atoms with Crippen LogP contribution in [-0.2, 0) is 46.1 Å². The Morgan fingerprint density at radius 3 is 1.57 bits per heavy atom. The predicted octanol–water partition coefficient (Wildman–Crippen LogP) is 7.15. The van der Waals surface area contributed by atoms with Gasteiger partial charge in [0, 0.05) is 58.3 Å². The lowest BCUT2D eigenvalue weighted by atomic mass is 9.86. The fourth-order valence-electron chi connectivity index (χ4n) is 9.61. The highest BCUT2D eigenvalue weighted by Gasteiger charge is 2.32. The lowest BCUT2D eigenvalue weighted by molar-refractivity contribution is -0.118. The summed E-state index contributed by atoms with van der Waals surface area (Å²) in [7, 11) is 6.22. The zero-order chi connectivity index (χ0) is 54.0. The van der Waals surface area contributed by atoms with Crippen molar-refractivity contribution in [2.45, 2.75) is 155 Å². The highest BCUT2D eigenvalue weighted by Crippen LogP contribution is 2.37. The maximum absolute atomic E-state index is 12.5. The lowest BCUT2D eigenvalue weighted by Crippen LogP contribution is -2.37. The number of anilines is 2. The molecule has 2 aromatic carbocycles. The molecular weight excluding hydrogens is 931 g/mol. The van der Waals surface area contributed by atoms with E-state index < -0.39 is 60.6 Å². The number of carbonyl (C=O) groups excluding carboxylic acids is 3. The smallest absolute Gasteiger partial charge is 0.405 e. The molecule has 0 aromatic heterocycles. The number of hydrogen-bond acceptors (Lipinski definition) is 15. The number of nitrogens with two attached hydrogens (primary N) is 1. The summed E-state index contributed by atoms with van der Waals surface area (Å²) in [5.41, 5.74) is 8.20. The predicted molar refractivity (Wildman–Crippen MR) is 275 cm³/mol. The molecule has 404 valence electrons. The molecule has 18 nitrogen and oxygen atoms in total. The first kappa shape index (κ1) is 61.1. The number of ether oxygens (including phenoxy) is 5.